The maximum absolute atomic E-state index is 5.85. The van der Waals surface area contributed by atoms with Crippen molar-refractivity contribution in [3.8, 4) is 0 Å². The molecule has 3 rings (SSSR count). The lowest BCUT2D eigenvalue weighted by atomic mass is 9.67. The molecule has 1 atom stereocenters. The van der Waals surface area contributed by atoms with Crippen LogP contribution in [0.25, 0.3) is 0 Å². The molecule has 2 aliphatic carbocycles. The van der Waals surface area contributed by atoms with Gasteiger partial charge in [-0.2, -0.15) is 0 Å². The average molecular weight is 200 g/mol. The van der Waals surface area contributed by atoms with E-state index in [4.69, 9.17) is 4.74 Å². The van der Waals surface area contributed by atoms with Gasteiger partial charge in [-0.1, -0.05) is 24.3 Å². The summed E-state index contributed by atoms with van der Waals surface area (Å²) < 4.78 is 5.85. The standard InChI is InChI=1S/C14H16O/c1-3-9-14-10-4-2-8-13(14)15-11-5-7-12(14)6-1/h2,4-8H,1,3,9-11H2. The Morgan fingerprint density at radius 2 is 2.27 bits per heavy atom. The zero-order valence-corrected chi connectivity index (χ0v) is 8.91. The van der Waals surface area contributed by atoms with Gasteiger partial charge >= 0.3 is 0 Å². The summed E-state index contributed by atoms with van der Waals surface area (Å²) in [5, 5.41) is 0. The molecule has 0 saturated heterocycles. The highest BCUT2D eigenvalue weighted by Gasteiger charge is 2.40. The Hall–Kier alpha value is -1.24. The van der Waals surface area contributed by atoms with Crippen molar-refractivity contribution in [2.75, 3.05) is 6.61 Å². The number of allylic oxidation sites excluding steroid dienone is 6. The second-order valence-electron chi connectivity index (χ2n) is 4.51. The number of ether oxygens (including phenoxy) is 1. The molecule has 3 aliphatic rings. The van der Waals surface area contributed by atoms with Crippen molar-refractivity contribution in [2.45, 2.75) is 25.7 Å². The van der Waals surface area contributed by atoms with E-state index in [0.29, 0.717) is 0 Å². The molecule has 78 valence electrons. The summed E-state index contributed by atoms with van der Waals surface area (Å²) in [5.41, 5.74) is 1.65. The van der Waals surface area contributed by atoms with Crippen molar-refractivity contribution in [3.63, 3.8) is 0 Å². The molecule has 0 aromatic rings. The second kappa shape index (κ2) is 3.41. The van der Waals surface area contributed by atoms with Gasteiger partial charge in [0, 0.05) is 0 Å². The molecule has 0 N–H and O–H groups in total. The predicted octanol–water partition coefficient (Wildman–Crippen LogP) is 3.51. The van der Waals surface area contributed by atoms with Crippen molar-refractivity contribution >= 4 is 0 Å². The summed E-state index contributed by atoms with van der Waals surface area (Å²) in [4.78, 5) is 0. The SMILES string of the molecule is C1=CCC23CCCC=C2C=CCOC3=C1. The fourth-order valence-corrected chi connectivity index (χ4v) is 2.90. The molecule has 15 heavy (non-hydrogen) atoms. The molecule has 1 nitrogen and oxygen atoms in total. The Morgan fingerprint density at radius 3 is 3.27 bits per heavy atom. The minimum Gasteiger partial charge on any atom is -0.493 e. The third-order valence-corrected chi connectivity index (χ3v) is 3.68. The van der Waals surface area contributed by atoms with Gasteiger partial charge in [-0.25, -0.2) is 0 Å². The highest BCUT2D eigenvalue weighted by atomic mass is 16.5. The Morgan fingerprint density at radius 1 is 1.27 bits per heavy atom. The second-order valence-corrected chi connectivity index (χ2v) is 4.51. The fourth-order valence-electron chi connectivity index (χ4n) is 2.90. The summed E-state index contributed by atoms with van der Waals surface area (Å²) in [6.07, 6.45) is 18.2. The molecule has 0 aromatic heterocycles. The lowest BCUT2D eigenvalue weighted by Gasteiger charge is -2.38. The van der Waals surface area contributed by atoms with Crippen LogP contribution in [0.1, 0.15) is 25.7 Å². The molecule has 0 aromatic carbocycles. The van der Waals surface area contributed by atoms with Gasteiger partial charge < -0.3 is 4.74 Å². The zero-order valence-electron chi connectivity index (χ0n) is 8.91. The quantitative estimate of drug-likeness (QED) is 0.581. The minimum atomic E-state index is 0.181. The van der Waals surface area contributed by atoms with Crippen molar-refractivity contribution in [2.24, 2.45) is 5.41 Å². The molecule has 0 fully saturated rings. The van der Waals surface area contributed by atoms with E-state index in [1.165, 1.54) is 30.6 Å². The summed E-state index contributed by atoms with van der Waals surface area (Å²) in [7, 11) is 0. The third-order valence-electron chi connectivity index (χ3n) is 3.68. The molecular weight excluding hydrogens is 184 g/mol. The van der Waals surface area contributed by atoms with Crippen molar-refractivity contribution in [1.29, 1.82) is 0 Å². The van der Waals surface area contributed by atoms with E-state index < -0.39 is 0 Å². The fraction of sp³-hybridized carbons (Fsp3) is 0.429. The molecule has 0 amide bonds. The van der Waals surface area contributed by atoms with Gasteiger partial charge in [0.2, 0.25) is 0 Å². The molecule has 1 heterocycles. The van der Waals surface area contributed by atoms with Crippen LogP contribution in [-0.2, 0) is 4.74 Å². The Bertz CT molecular complexity index is 384. The van der Waals surface area contributed by atoms with Gasteiger partial charge in [-0.3, -0.25) is 0 Å². The van der Waals surface area contributed by atoms with Gasteiger partial charge in [0.15, 0.2) is 0 Å². The van der Waals surface area contributed by atoms with Gasteiger partial charge in [0.25, 0.3) is 0 Å². The van der Waals surface area contributed by atoms with Crippen LogP contribution < -0.4 is 0 Å². The first-order chi connectivity index (χ1) is 7.42. The van der Waals surface area contributed by atoms with E-state index in [1.54, 1.807) is 0 Å². The maximum atomic E-state index is 5.85. The van der Waals surface area contributed by atoms with Crippen LogP contribution in [0.4, 0.5) is 0 Å². The van der Waals surface area contributed by atoms with Crippen LogP contribution in [0.3, 0.4) is 0 Å². The normalized spacial score (nSPS) is 33.1. The van der Waals surface area contributed by atoms with Gasteiger partial charge in [-0.15, -0.1) is 0 Å². The van der Waals surface area contributed by atoms with E-state index in [2.05, 4.69) is 36.5 Å². The van der Waals surface area contributed by atoms with E-state index in [1.807, 2.05) is 0 Å². The lowest BCUT2D eigenvalue weighted by molar-refractivity contribution is 0.160. The molecule has 1 spiro atoms. The first kappa shape index (κ1) is 9.02. The summed E-state index contributed by atoms with van der Waals surface area (Å²) in [6, 6.07) is 0. The predicted molar refractivity (Wildman–Crippen MR) is 61.3 cm³/mol. The Labute approximate surface area is 90.8 Å². The number of hydrogen-bond donors (Lipinski definition) is 0. The average Bonchev–Trinajstić information content (AvgIpc) is 2.47. The maximum Gasteiger partial charge on any atom is 0.107 e. The van der Waals surface area contributed by atoms with E-state index in [-0.39, 0.29) is 5.41 Å². The van der Waals surface area contributed by atoms with E-state index >= 15 is 0 Å². The van der Waals surface area contributed by atoms with Crippen LogP contribution in [-0.4, -0.2) is 6.61 Å². The topological polar surface area (TPSA) is 9.23 Å². The monoisotopic (exact) mass is 200 g/mol. The third kappa shape index (κ3) is 1.30. The van der Waals surface area contributed by atoms with Crippen molar-refractivity contribution in [3.05, 3.63) is 47.8 Å². The highest BCUT2D eigenvalue weighted by molar-refractivity contribution is 5.41. The molecule has 1 unspecified atom stereocenters. The number of rotatable bonds is 0. The smallest absolute Gasteiger partial charge is 0.107 e. The van der Waals surface area contributed by atoms with Crippen LogP contribution in [0.15, 0.2) is 47.8 Å². The van der Waals surface area contributed by atoms with E-state index in [9.17, 15) is 0 Å². The van der Waals surface area contributed by atoms with Crippen LogP contribution in [0, 0.1) is 5.41 Å². The Balaban J connectivity index is 2.12. The largest absolute Gasteiger partial charge is 0.493 e. The lowest BCUT2D eigenvalue weighted by Crippen LogP contribution is -2.28. The summed E-state index contributed by atoms with van der Waals surface area (Å²) in [6.45, 7) is 0.721. The minimum absolute atomic E-state index is 0.181. The van der Waals surface area contributed by atoms with Crippen LogP contribution >= 0.6 is 0 Å². The van der Waals surface area contributed by atoms with Gasteiger partial charge in [-0.05, 0) is 43.4 Å². The zero-order chi connectivity index (χ0) is 10.1. The first-order valence-corrected chi connectivity index (χ1v) is 5.79. The summed E-state index contributed by atoms with van der Waals surface area (Å²) >= 11 is 0. The highest BCUT2D eigenvalue weighted by Crippen LogP contribution is 2.50. The molecule has 0 bridgehead atoms. The first-order valence-electron chi connectivity index (χ1n) is 5.79. The van der Waals surface area contributed by atoms with E-state index in [0.717, 1.165) is 13.0 Å². The van der Waals surface area contributed by atoms with Crippen molar-refractivity contribution < 1.29 is 4.74 Å². The molecule has 1 aliphatic heterocycles. The van der Waals surface area contributed by atoms with Crippen molar-refractivity contribution in [1.82, 2.24) is 0 Å². The summed E-state index contributed by atoms with van der Waals surface area (Å²) in [5.74, 6) is 1.18. The Kier molecular flexibility index (Phi) is 2.05. The molecule has 0 saturated carbocycles. The molecule has 1 heteroatoms. The van der Waals surface area contributed by atoms with Gasteiger partial charge in [0.1, 0.15) is 12.4 Å². The molecular formula is C14H16O. The molecule has 0 radical (unpaired) electrons. The van der Waals surface area contributed by atoms with Crippen LogP contribution in [0.2, 0.25) is 0 Å². The van der Waals surface area contributed by atoms with Gasteiger partial charge in [0.05, 0.1) is 5.41 Å². The van der Waals surface area contributed by atoms with Crippen LogP contribution in [0.5, 0.6) is 0 Å². The number of hydrogen-bond acceptors (Lipinski definition) is 1.